The van der Waals surface area contributed by atoms with E-state index in [1.165, 1.54) is 51.7 Å². The van der Waals surface area contributed by atoms with Gasteiger partial charge in [0.1, 0.15) is 0 Å². The van der Waals surface area contributed by atoms with Gasteiger partial charge in [-0.15, -0.1) is 0 Å². The van der Waals surface area contributed by atoms with Gasteiger partial charge in [0.2, 0.25) is 0 Å². The average Bonchev–Trinajstić information content (AvgIpc) is 3.11. The molecule has 0 spiro atoms. The number of fused-ring (bicyclic) bond motifs is 5. The summed E-state index contributed by atoms with van der Waals surface area (Å²) in [4.78, 5) is 2.69. The van der Waals surface area contributed by atoms with Gasteiger partial charge in [-0.3, -0.25) is 0 Å². The number of piperidine rings is 1. The Balaban J connectivity index is 1.29. The van der Waals surface area contributed by atoms with E-state index in [9.17, 15) is 0 Å². The van der Waals surface area contributed by atoms with Gasteiger partial charge in [0.15, 0.2) is 0 Å². The molecule has 4 aliphatic rings. The highest BCUT2D eigenvalue weighted by Gasteiger charge is 2.53. The fraction of sp³-hybridized carbons (Fsp3) is 1.00. The van der Waals surface area contributed by atoms with Crippen molar-refractivity contribution in [2.24, 2.45) is 23.7 Å². The van der Waals surface area contributed by atoms with Crippen LogP contribution in [-0.2, 0) is 0 Å². The van der Waals surface area contributed by atoms with Gasteiger partial charge in [-0.1, -0.05) is 12.8 Å². The highest BCUT2D eigenvalue weighted by molar-refractivity contribution is 5.05. The minimum absolute atomic E-state index is 0.692. The first-order valence-corrected chi connectivity index (χ1v) is 9.29. The van der Waals surface area contributed by atoms with Gasteiger partial charge < -0.3 is 10.2 Å². The van der Waals surface area contributed by atoms with E-state index in [0.717, 1.165) is 29.7 Å². The average molecular weight is 276 g/mol. The monoisotopic (exact) mass is 276 g/mol. The van der Waals surface area contributed by atoms with Crippen molar-refractivity contribution in [3.05, 3.63) is 0 Å². The van der Waals surface area contributed by atoms with Crippen molar-refractivity contribution in [3.8, 4) is 0 Å². The van der Waals surface area contributed by atoms with Crippen LogP contribution in [0.15, 0.2) is 0 Å². The van der Waals surface area contributed by atoms with Crippen LogP contribution in [0.5, 0.6) is 0 Å². The quantitative estimate of drug-likeness (QED) is 0.848. The summed E-state index contributed by atoms with van der Waals surface area (Å²) in [5.41, 5.74) is 0. The molecule has 0 amide bonds. The molecule has 0 aromatic heterocycles. The fourth-order valence-electron chi connectivity index (χ4n) is 6.21. The summed E-state index contributed by atoms with van der Waals surface area (Å²) in [6.45, 7) is 6.38. The molecule has 1 heterocycles. The lowest BCUT2D eigenvalue weighted by Crippen LogP contribution is -2.48. The predicted octanol–water partition coefficient (Wildman–Crippen LogP) is 3.28. The van der Waals surface area contributed by atoms with Crippen molar-refractivity contribution in [2.45, 2.75) is 70.4 Å². The molecule has 6 unspecified atom stereocenters. The first-order chi connectivity index (χ1) is 9.81. The molecular weight excluding hydrogens is 244 g/mol. The topological polar surface area (TPSA) is 15.3 Å². The Kier molecular flexibility index (Phi) is 3.80. The molecule has 2 nitrogen and oxygen atoms in total. The highest BCUT2D eigenvalue weighted by Crippen LogP contribution is 2.58. The van der Waals surface area contributed by atoms with Crippen LogP contribution in [0.1, 0.15) is 58.3 Å². The zero-order chi connectivity index (χ0) is 13.5. The molecule has 114 valence electrons. The molecule has 3 saturated carbocycles. The van der Waals surface area contributed by atoms with E-state index >= 15 is 0 Å². The molecule has 2 bridgehead atoms. The first kappa shape index (κ1) is 13.6. The lowest BCUT2D eigenvalue weighted by atomic mass is 9.79. The summed E-state index contributed by atoms with van der Waals surface area (Å²) in [5.74, 6) is 4.37. The minimum atomic E-state index is 0.692. The maximum absolute atomic E-state index is 4.03. The third-order valence-corrected chi connectivity index (χ3v) is 6.91. The van der Waals surface area contributed by atoms with Gasteiger partial charge in [0, 0.05) is 18.6 Å². The van der Waals surface area contributed by atoms with Crippen LogP contribution in [-0.4, -0.2) is 36.6 Å². The molecule has 1 N–H and O–H groups in total. The van der Waals surface area contributed by atoms with Crippen molar-refractivity contribution in [3.63, 3.8) is 0 Å². The van der Waals surface area contributed by atoms with Gasteiger partial charge in [-0.05, 0) is 82.2 Å². The summed E-state index contributed by atoms with van der Waals surface area (Å²) in [5, 5.41) is 4.03. The molecule has 1 saturated heterocycles. The second-order valence-electron chi connectivity index (χ2n) is 8.19. The van der Waals surface area contributed by atoms with Crippen LogP contribution >= 0.6 is 0 Å². The van der Waals surface area contributed by atoms with Gasteiger partial charge in [0.05, 0.1) is 0 Å². The Bertz CT molecular complexity index is 336. The molecule has 20 heavy (non-hydrogen) atoms. The maximum Gasteiger partial charge on any atom is 0.0169 e. The molecular formula is C18H32N2. The van der Waals surface area contributed by atoms with Gasteiger partial charge in [0.25, 0.3) is 0 Å². The van der Waals surface area contributed by atoms with Gasteiger partial charge >= 0.3 is 0 Å². The molecule has 2 heteroatoms. The van der Waals surface area contributed by atoms with Crippen LogP contribution in [0.3, 0.4) is 0 Å². The van der Waals surface area contributed by atoms with Crippen molar-refractivity contribution in [1.29, 1.82) is 0 Å². The standard InChI is InChI=1S/C18H32N2/c1-13(12-20-8-3-2-4-9-20)19-18-11-14-10-17(18)16-7-5-6-15(14)16/h13-19H,2-12H2,1H3. The van der Waals surface area contributed by atoms with Crippen LogP contribution in [0.2, 0.25) is 0 Å². The number of nitrogens with one attached hydrogen (secondary N) is 1. The Hall–Kier alpha value is -0.0800. The van der Waals surface area contributed by atoms with E-state index in [-0.39, 0.29) is 0 Å². The number of nitrogens with zero attached hydrogens (tertiary/aromatic N) is 1. The summed E-state index contributed by atoms with van der Waals surface area (Å²) in [6, 6.07) is 1.55. The third-order valence-electron chi connectivity index (χ3n) is 6.91. The van der Waals surface area contributed by atoms with Gasteiger partial charge in [-0.25, -0.2) is 0 Å². The molecule has 0 radical (unpaired) electrons. The van der Waals surface area contributed by atoms with Crippen LogP contribution in [0.25, 0.3) is 0 Å². The minimum Gasteiger partial charge on any atom is -0.310 e. The molecule has 4 rings (SSSR count). The largest absolute Gasteiger partial charge is 0.310 e. The molecule has 4 fully saturated rings. The van der Waals surface area contributed by atoms with E-state index in [1.807, 2.05) is 0 Å². The molecule has 3 aliphatic carbocycles. The lowest BCUT2D eigenvalue weighted by Gasteiger charge is -2.36. The second-order valence-corrected chi connectivity index (χ2v) is 8.19. The van der Waals surface area contributed by atoms with Crippen molar-refractivity contribution in [2.75, 3.05) is 19.6 Å². The SMILES string of the molecule is CC(CN1CCCCC1)NC1CC2CC1C1CCCC21. The van der Waals surface area contributed by atoms with E-state index in [1.54, 1.807) is 19.3 Å². The Morgan fingerprint density at radius 2 is 1.75 bits per heavy atom. The van der Waals surface area contributed by atoms with Crippen molar-refractivity contribution < 1.29 is 0 Å². The number of likely N-dealkylation sites (tertiary alicyclic amines) is 1. The van der Waals surface area contributed by atoms with E-state index < -0.39 is 0 Å². The second kappa shape index (κ2) is 5.61. The van der Waals surface area contributed by atoms with Crippen molar-refractivity contribution in [1.82, 2.24) is 10.2 Å². The number of hydrogen-bond donors (Lipinski definition) is 1. The fourth-order valence-corrected chi connectivity index (χ4v) is 6.21. The van der Waals surface area contributed by atoms with Crippen LogP contribution < -0.4 is 5.32 Å². The van der Waals surface area contributed by atoms with E-state index in [2.05, 4.69) is 17.1 Å². The first-order valence-electron chi connectivity index (χ1n) is 9.29. The molecule has 0 aromatic carbocycles. The van der Waals surface area contributed by atoms with Crippen LogP contribution in [0.4, 0.5) is 0 Å². The number of rotatable bonds is 4. The zero-order valence-corrected chi connectivity index (χ0v) is 13.2. The lowest BCUT2D eigenvalue weighted by molar-refractivity contribution is 0.170. The molecule has 6 atom stereocenters. The Morgan fingerprint density at radius 1 is 0.950 bits per heavy atom. The van der Waals surface area contributed by atoms with Crippen LogP contribution in [0, 0.1) is 23.7 Å². The maximum atomic E-state index is 4.03. The van der Waals surface area contributed by atoms with Crippen molar-refractivity contribution >= 4 is 0 Å². The predicted molar refractivity (Wildman–Crippen MR) is 83.7 cm³/mol. The summed E-state index contributed by atoms with van der Waals surface area (Å²) < 4.78 is 0. The molecule has 1 aliphatic heterocycles. The van der Waals surface area contributed by atoms with E-state index in [0.29, 0.717) is 6.04 Å². The van der Waals surface area contributed by atoms with Gasteiger partial charge in [-0.2, -0.15) is 0 Å². The summed E-state index contributed by atoms with van der Waals surface area (Å²) in [6.07, 6.45) is 12.0. The third kappa shape index (κ3) is 2.43. The highest BCUT2D eigenvalue weighted by atomic mass is 15.2. The zero-order valence-electron chi connectivity index (χ0n) is 13.2. The Labute approximate surface area is 124 Å². The normalized spacial score (nSPS) is 45.8. The van der Waals surface area contributed by atoms with E-state index in [4.69, 9.17) is 0 Å². The number of hydrogen-bond acceptors (Lipinski definition) is 2. The summed E-state index contributed by atoms with van der Waals surface area (Å²) in [7, 11) is 0. The molecule has 0 aromatic rings. The smallest absolute Gasteiger partial charge is 0.0169 e. The Morgan fingerprint density at radius 3 is 2.60 bits per heavy atom. The summed E-state index contributed by atoms with van der Waals surface area (Å²) >= 11 is 0.